The molecule has 5 heteroatoms. The summed E-state index contributed by atoms with van der Waals surface area (Å²) in [7, 11) is 0. The molecule has 0 radical (unpaired) electrons. The molecule has 2 aromatic rings. The minimum atomic E-state index is -0.166. The van der Waals surface area contributed by atoms with E-state index in [2.05, 4.69) is 17.6 Å². The predicted molar refractivity (Wildman–Crippen MR) is 109 cm³/mol. The van der Waals surface area contributed by atoms with Crippen molar-refractivity contribution in [1.82, 2.24) is 5.32 Å². The molecule has 0 heterocycles. The molecular weight excluding hydrogens is 344 g/mol. The average molecular weight is 371 g/mol. The number of anilines is 1. The molecule has 0 unspecified atom stereocenters. The Hall–Kier alpha value is -2.27. The number of rotatable bonds is 8. The lowest BCUT2D eigenvalue weighted by Gasteiger charge is -2.11. The van der Waals surface area contributed by atoms with E-state index in [0.29, 0.717) is 5.56 Å². The zero-order valence-electron chi connectivity index (χ0n) is 15.5. The van der Waals surface area contributed by atoms with Crippen LogP contribution < -0.4 is 10.6 Å². The molecule has 0 bridgehead atoms. The summed E-state index contributed by atoms with van der Waals surface area (Å²) in [6.45, 7) is 6.00. The summed E-state index contributed by atoms with van der Waals surface area (Å²) in [6.07, 6.45) is 2.13. The number of hydrogen-bond acceptors (Lipinski definition) is 3. The Morgan fingerprint density at radius 1 is 1.04 bits per heavy atom. The summed E-state index contributed by atoms with van der Waals surface area (Å²) < 4.78 is 0. The van der Waals surface area contributed by atoms with Gasteiger partial charge in [0.25, 0.3) is 5.91 Å². The third-order valence-corrected chi connectivity index (χ3v) is 4.76. The van der Waals surface area contributed by atoms with Gasteiger partial charge >= 0.3 is 0 Å². The molecule has 0 aliphatic carbocycles. The lowest BCUT2D eigenvalue weighted by Crippen LogP contribution is -2.31. The van der Waals surface area contributed by atoms with E-state index in [4.69, 9.17) is 0 Å². The fourth-order valence-corrected chi connectivity index (χ4v) is 3.39. The van der Waals surface area contributed by atoms with Crippen molar-refractivity contribution in [1.29, 1.82) is 0 Å². The van der Waals surface area contributed by atoms with Crippen LogP contribution in [0.3, 0.4) is 0 Å². The van der Waals surface area contributed by atoms with Crippen molar-refractivity contribution in [2.45, 2.75) is 44.6 Å². The molecule has 0 fully saturated rings. The van der Waals surface area contributed by atoms with Crippen molar-refractivity contribution in [3.63, 3.8) is 0 Å². The molecule has 0 aromatic heterocycles. The molecular formula is C21H26N2O2S. The third-order valence-electron chi connectivity index (χ3n) is 3.69. The summed E-state index contributed by atoms with van der Waals surface area (Å²) in [5.74, 6) is 0.0844. The van der Waals surface area contributed by atoms with E-state index in [1.54, 1.807) is 6.07 Å². The number of thioether (sulfide) groups is 1. The van der Waals surface area contributed by atoms with Gasteiger partial charge in [-0.25, -0.2) is 0 Å². The Kier molecular flexibility index (Phi) is 7.73. The van der Waals surface area contributed by atoms with Crippen molar-refractivity contribution < 1.29 is 9.59 Å². The van der Waals surface area contributed by atoms with Gasteiger partial charge < -0.3 is 10.6 Å². The van der Waals surface area contributed by atoms with Crippen molar-refractivity contribution in [3.8, 4) is 0 Å². The van der Waals surface area contributed by atoms with Gasteiger partial charge in [0.2, 0.25) is 5.91 Å². The Morgan fingerprint density at radius 3 is 2.38 bits per heavy atom. The molecule has 2 N–H and O–H groups in total. The maximum absolute atomic E-state index is 12.6. The number of amides is 2. The highest BCUT2D eigenvalue weighted by Crippen LogP contribution is 2.23. The SMILES string of the molecule is CCCc1ccc(NC(=O)c2ccccc2SCC(=O)NC(C)C)cc1. The number of aryl methyl sites for hydroxylation is 1. The fourth-order valence-electron chi connectivity index (χ4n) is 2.53. The molecule has 2 aromatic carbocycles. The molecule has 2 amide bonds. The lowest BCUT2D eigenvalue weighted by atomic mass is 10.1. The van der Waals surface area contributed by atoms with Crippen LogP contribution in [0.1, 0.15) is 43.1 Å². The van der Waals surface area contributed by atoms with Crippen LogP contribution in [0.25, 0.3) is 0 Å². The summed E-state index contributed by atoms with van der Waals surface area (Å²) in [5, 5.41) is 5.79. The molecule has 0 aliphatic rings. The number of hydrogen-bond donors (Lipinski definition) is 2. The Labute approximate surface area is 159 Å². The Morgan fingerprint density at radius 2 is 1.73 bits per heavy atom. The first-order chi connectivity index (χ1) is 12.5. The smallest absolute Gasteiger partial charge is 0.256 e. The van der Waals surface area contributed by atoms with Crippen molar-refractivity contribution >= 4 is 29.3 Å². The molecule has 4 nitrogen and oxygen atoms in total. The zero-order valence-corrected chi connectivity index (χ0v) is 16.4. The topological polar surface area (TPSA) is 58.2 Å². The Balaban J connectivity index is 2.03. The van der Waals surface area contributed by atoms with Crippen LogP contribution in [0.4, 0.5) is 5.69 Å². The van der Waals surface area contributed by atoms with Gasteiger partial charge in [-0.05, 0) is 50.1 Å². The second-order valence-corrected chi connectivity index (χ2v) is 7.43. The van der Waals surface area contributed by atoms with Gasteiger partial charge in [-0.3, -0.25) is 9.59 Å². The van der Waals surface area contributed by atoms with Gasteiger partial charge in [-0.2, -0.15) is 0 Å². The van der Waals surface area contributed by atoms with Crippen LogP contribution in [0.2, 0.25) is 0 Å². The van der Waals surface area contributed by atoms with Gasteiger partial charge in [0.1, 0.15) is 0 Å². The fraction of sp³-hybridized carbons (Fsp3) is 0.333. The lowest BCUT2D eigenvalue weighted by molar-refractivity contribution is -0.119. The highest BCUT2D eigenvalue weighted by molar-refractivity contribution is 8.00. The quantitative estimate of drug-likeness (QED) is 0.672. The first-order valence-electron chi connectivity index (χ1n) is 8.91. The number of carbonyl (C=O) groups excluding carboxylic acids is 2. The monoisotopic (exact) mass is 370 g/mol. The first-order valence-corrected chi connectivity index (χ1v) is 9.89. The van der Waals surface area contributed by atoms with Crippen molar-refractivity contribution in [3.05, 3.63) is 59.7 Å². The summed E-state index contributed by atoms with van der Waals surface area (Å²) in [5.41, 5.74) is 2.61. The predicted octanol–water partition coefficient (Wildman–Crippen LogP) is 4.51. The minimum Gasteiger partial charge on any atom is -0.353 e. The largest absolute Gasteiger partial charge is 0.353 e. The van der Waals surface area contributed by atoms with Crippen molar-refractivity contribution in [2.24, 2.45) is 0 Å². The van der Waals surface area contributed by atoms with Gasteiger partial charge in [0.15, 0.2) is 0 Å². The average Bonchev–Trinajstić information content (AvgIpc) is 2.61. The van der Waals surface area contributed by atoms with Crippen LogP contribution in [0.5, 0.6) is 0 Å². The summed E-state index contributed by atoms with van der Waals surface area (Å²) in [6, 6.07) is 15.4. The molecule has 138 valence electrons. The molecule has 0 spiro atoms. The Bertz CT molecular complexity index is 742. The van der Waals surface area contributed by atoms with Gasteiger partial charge in [0.05, 0.1) is 11.3 Å². The second kappa shape index (κ2) is 10.0. The van der Waals surface area contributed by atoms with E-state index in [9.17, 15) is 9.59 Å². The van der Waals surface area contributed by atoms with Crippen LogP contribution in [-0.2, 0) is 11.2 Å². The molecule has 0 saturated heterocycles. The molecule has 2 rings (SSSR count). The van der Waals surface area contributed by atoms with E-state index < -0.39 is 0 Å². The van der Waals surface area contributed by atoms with Crippen LogP contribution in [0, 0.1) is 0 Å². The highest BCUT2D eigenvalue weighted by atomic mass is 32.2. The van der Waals surface area contributed by atoms with E-state index in [1.165, 1.54) is 17.3 Å². The maximum Gasteiger partial charge on any atom is 0.256 e. The molecule has 0 saturated carbocycles. The van der Waals surface area contributed by atoms with Gasteiger partial charge in [0, 0.05) is 16.6 Å². The number of carbonyl (C=O) groups is 2. The van der Waals surface area contributed by atoms with E-state index in [0.717, 1.165) is 23.4 Å². The summed E-state index contributed by atoms with van der Waals surface area (Å²) in [4.78, 5) is 25.3. The van der Waals surface area contributed by atoms with Crippen LogP contribution >= 0.6 is 11.8 Å². The first kappa shape index (κ1) is 20.0. The summed E-state index contributed by atoms with van der Waals surface area (Å²) >= 11 is 1.37. The number of benzene rings is 2. The highest BCUT2D eigenvalue weighted by Gasteiger charge is 2.13. The van der Waals surface area contributed by atoms with Gasteiger partial charge in [-0.1, -0.05) is 37.6 Å². The number of nitrogens with one attached hydrogen (secondary N) is 2. The standard InChI is InChI=1S/C21H26N2O2S/c1-4-7-16-10-12-17(13-11-16)23-21(25)18-8-5-6-9-19(18)26-14-20(24)22-15(2)3/h5-6,8-13,15H,4,7,14H2,1-3H3,(H,22,24)(H,23,25). The van der Waals surface area contributed by atoms with Gasteiger partial charge in [-0.15, -0.1) is 11.8 Å². The van der Waals surface area contributed by atoms with Crippen LogP contribution in [0.15, 0.2) is 53.4 Å². The van der Waals surface area contributed by atoms with E-state index in [1.807, 2.05) is 56.3 Å². The molecule has 0 aliphatic heterocycles. The third kappa shape index (κ3) is 6.23. The van der Waals surface area contributed by atoms with Crippen LogP contribution in [-0.4, -0.2) is 23.6 Å². The minimum absolute atomic E-state index is 0.0354. The van der Waals surface area contributed by atoms with E-state index in [-0.39, 0.29) is 23.6 Å². The molecule has 0 atom stereocenters. The normalized spacial score (nSPS) is 10.6. The molecule has 26 heavy (non-hydrogen) atoms. The second-order valence-electron chi connectivity index (χ2n) is 6.41. The zero-order chi connectivity index (χ0) is 18.9. The maximum atomic E-state index is 12.6. The van der Waals surface area contributed by atoms with E-state index >= 15 is 0 Å². The van der Waals surface area contributed by atoms with Crippen molar-refractivity contribution in [2.75, 3.05) is 11.1 Å².